The lowest BCUT2D eigenvalue weighted by Gasteiger charge is -2.26. The fourth-order valence-electron chi connectivity index (χ4n) is 2.27. The molecule has 0 spiro atoms. The van der Waals surface area contributed by atoms with E-state index >= 15 is 0 Å². The van der Waals surface area contributed by atoms with Crippen molar-refractivity contribution in [3.8, 4) is 5.75 Å². The Balaban J connectivity index is 2.08. The summed E-state index contributed by atoms with van der Waals surface area (Å²) in [6.45, 7) is 3.36. The minimum absolute atomic E-state index is 0.00739. The Kier molecular flexibility index (Phi) is 5.98. The number of hydrogen-bond acceptors (Lipinski definition) is 4. The van der Waals surface area contributed by atoms with E-state index in [-0.39, 0.29) is 23.3 Å². The summed E-state index contributed by atoms with van der Waals surface area (Å²) in [5.41, 5.74) is 0.742. The highest BCUT2D eigenvalue weighted by molar-refractivity contribution is 9.10. The number of hydrogen-bond donors (Lipinski definition) is 1. The van der Waals surface area contributed by atoms with Gasteiger partial charge in [0, 0.05) is 16.2 Å². The summed E-state index contributed by atoms with van der Waals surface area (Å²) in [7, 11) is 0. The molecular weight excluding hydrogens is 374 g/mol. The first kappa shape index (κ1) is 18.0. The second-order valence-electron chi connectivity index (χ2n) is 5.43. The van der Waals surface area contributed by atoms with Crippen LogP contribution in [0.25, 0.3) is 0 Å². The number of carbonyl (C=O) groups is 2. The zero-order valence-electron chi connectivity index (χ0n) is 13.4. The Morgan fingerprint density at radius 1 is 1.17 bits per heavy atom. The van der Waals surface area contributed by atoms with Crippen LogP contribution in [0.1, 0.15) is 24.2 Å². The fourth-order valence-corrected chi connectivity index (χ4v) is 2.63. The molecule has 2 aromatic carbocycles. The van der Waals surface area contributed by atoms with Crippen molar-refractivity contribution < 1.29 is 19.4 Å². The van der Waals surface area contributed by atoms with Gasteiger partial charge in [-0.3, -0.25) is 4.79 Å². The number of carbonyl (C=O) groups excluding carboxylic acids is 2. The van der Waals surface area contributed by atoms with Crippen LogP contribution in [-0.4, -0.2) is 29.6 Å². The minimum atomic E-state index is -0.751. The summed E-state index contributed by atoms with van der Waals surface area (Å²) in [4.78, 5) is 26.1. The maximum Gasteiger partial charge on any atom is 0.342 e. The van der Waals surface area contributed by atoms with Crippen LogP contribution in [0.2, 0.25) is 0 Å². The number of amides is 1. The van der Waals surface area contributed by atoms with Crippen molar-refractivity contribution in [2.75, 3.05) is 11.5 Å². The van der Waals surface area contributed by atoms with Crippen molar-refractivity contribution in [2.24, 2.45) is 0 Å². The van der Waals surface area contributed by atoms with E-state index in [0.29, 0.717) is 4.47 Å². The zero-order valence-corrected chi connectivity index (χ0v) is 15.0. The Hall–Kier alpha value is -2.34. The SMILES string of the molecule is CC(C)N(C(=O)COC(=O)c1cc(Br)ccc1O)c1ccccc1. The average Bonchev–Trinajstić information content (AvgIpc) is 2.55. The molecule has 24 heavy (non-hydrogen) atoms. The first-order valence-corrected chi connectivity index (χ1v) is 8.22. The van der Waals surface area contributed by atoms with Crippen molar-refractivity contribution in [3.63, 3.8) is 0 Å². The molecule has 1 N–H and O–H groups in total. The molecule has 0 bridgehead atoms. The van der Waals surface area contributed by atoms with E-state index in [0.717, 1.165) is 5.69 Å². The molecule has 0 atom stereocenters. The lowest BCUT2D eigenvalue weighted by Crippen LogP contribution is -2.39. The third-order valence-corrected chi connectivity index (χ3v) is 3.82. The second kappa shape index (κ2) is 7.97. The quantitative estimate of drug-likeness (QED) is 0.788. The number of phenols is 1. The number of nitrogens with zero attached hydrogens (tertiary/aromatic N) is 1. The summed E-state index contributed by atoms with van der Waals surface area (Å²) >= 11 is 3.22. The molecule has 6 heteroatoms. The molecule has 1 amide bonds. The van der Waals surface area contributed by atoms with E-state index in [4.69, 9.17) is 4.74 Å². The van der Waals surface area contributed by atoms with Crippen LogP contribution in [-0.2, 0) is 9.53 Å². The van der Waals surface area contributed by atoms with E-state index in [1.54, 1.807) is 11.0 Å². The third-order valence-electron chi connectivity index (χ3n) is 3.32. The average molecular weight is 392 g/mol. The maximum absolute atomic E-state index is 12.4. The zero-order chi connectivity index (χ0) is 17.7. The summed E-state index contributed by atoms with van der Waals surface area (Å²) in [6, 6.07) is 13.5. The topological polar surface area (TPSA) is 66.8 Å². The van der Waals surface area contributed by atoms with Crippen molar-refractivity contribution in [2.45, 2.75) is 19.9 Å². The highest BCUT2D eigenvalue weighted by Gasteiger charge is 2.21. The molecule has 2 aromatic rings. The van der Waals surface area contributed by atoms with Crippen LogP contribution in [0.4, 0.5) is 5.69 Å². The van der Waals surface area contributed by atoms with E-state index in [2.05, 4.69) is 15.9 Å². The number of para-hydroxylation sites is 1. The van der Waals surface area contributed by atoms with Gasteiger partial charge in [0.05, 0.1) is 0 Å². The number of phenolic OH excluding ortho intramolecular Hbond substituents is 1. The third kappa shape index (κ3) is 4.35. The molecule has 0 aliphatic rings. The van der Waals surface area contributed by atoms with Crippen LogP contribution < -0.4 is 4.90 Å². The van der Waals surface area contributed by atoms with E-state index in [9.17, 15) is 14.7 Å². The van der Waals surface area contributed by atoms with Gasteiger partial charge in [-0.1, -0.05) is 34.1 Å². The predicted molar refractivity (Wildman–Crippen MR) is 95.2 cm³/mol. The molecule has 0 aromatic heterocycles. The molecule has 2 rings (SSSR count). The van der Waals surface area contributed by atoms with Gasteiger partial charge in [-0.2, -0.15) is 0 Å². The molecule has 0 saturated carbocycles. The van der Waals surface area contributed by atoms with Gasteiger partial charge in [-0.05, 0) is 44.2 Å². The van der Waals surface area contributed by atoms with Crippen LogP contribution in [0.15, 0.2) is 53.0 Å². The molecule has 0 radical (unpaired) electrons. The molecule has 0 fully saturated rings. The smallest absolute Gasteiger partial charge is 0.342 e. The van der Waals surface area contributed by atoms with Crippen LogP contribution in [0.5, 0.6) is 5.75 Å². The molecular formula is C18H18BrNO4. The molecule has 0 unspecified atom stereocenters. The molecule has 0 aliphatic heterocycles. The first-order valence-electron chi connectivity index (χ1n) is 7.43. The van der Waals surface area contributed by atoms with Crippen molar-refractivity contribution in [1.29, 1.82) is 0 Å². The van der Waals surface area contributed by atoms with Crippen molar-refractivity contribution in [1.82, 2.24) is 0 Å². The second-order valence-corrected chi connectivity index (χ2v) is 6.35. The van der Waals surface area contributed by atoms with Gasteiger partial charge in [0.1, 0.15) is 11.3 Å². The van der Waals surface area contributed by atoms with E-state index < -0.39 is 12.6 Å². The minimum Gasteiger partial charge on any atom is -0.507 e. The first-order chi connectivity index (χ1) is 11.4. The molecule has 126 valence electrons. The van der Waals surface area contributed by atoms with Gasteiger partial charge >= 0.3 is 5.97 Å². The summed E-state index contributed by atoms with van der Waals surface area (Å²) in [5.74, 6) is -1.28. The maximum atomic E-state index is 12.4. The molecule has 0 aliphatic carbocycles. The largest absolute Gasteiger partial charge is 0.507 e. The summed E-state index contributed by atoms with van der Waals surface area (Å²) in [6.07, 6.45) is 0. The Bertz CT molecular complexity index is 731. The highest BCUT2D eigenvalue weighted by Crippen LogP contribution is 2.23. The monoisotopic (exact) mass is 391 g/mol. The van der Waals surface area contributed by atoms with Gasteiger partial charge in [-0.15, -0.1) is 0 Å². The molecule has 5 nitrogen and oxygen atoms in total. The van der Waals surface area contributed by atoms with Gasteiger partial charge in [0.2, 0.25) is 0 Å². The van der Waals surface area contributed by atoms with Gasteiger partial charge in [-0.25, -0.2) is 4.79 Å². The van der Waals surface area contributed by atoms with Crippen molar-refractivity contribution in [3.05, 3.63) is 58.6 Å². The molecule has 0 saturated heterocycles. The fraction of sp³-hybridized carbons (Fsp3) is 0.222. The van der Waals surface area contributed by atoms with E-state index in [1.807, 2.05) is 44.2 Å². The summed E-state index contributed by atoms with van der Waals surface area (Å²) < 4.78 is 5.70. The number of rotatable bonds is 5. The number of benzene rings is 2. The highest BCUT2D eigenvalue weighted by atomic mass is 79.9. The number of anilines is 1. The summed E-state index contributed by atoms with van der Waals surface area (Å²) in [5, 5.41) is 9.73. The Morgan fingerprint density at radius 2 is 1.83 bits per heavy atom. The number of aromatic hydroxyl groups is 1. The normalized spacial score (nSPS) is 10.5. The standard InChI is InChI=1S/C18H18BrNO4/c1-12(2)20(14-6-4-3-5-7-14)17(22)11-24-18(23)15-10-13(19)8-9-16(15)21/h3-10,12,21H,11H2,1-2H3. The predicted octanol–water partition coefficient (Wildman–Crippen LogP) is 3.75. The van der Waals surface area contributed by atoms with Gasteiger partial charge in [0.15, 0.2) is 6.61 Å². The molecule has 0 heterocycles. The number of ether oxygens (including phenoxy) is 1. The number of esters is 1. The van der Waals surface area contributed by atoms with E-state index in [1.165, 1.54) is 12.1 Å². The van der Waals surface area contributed by atoms with Crippen LogP contribution in [0.3, 0.4) is 0 Å². The lowest BCUT2D eigenvalue weighted by atomic mass is 10.2. The van der Waals surface area contributed by atoms with Crippen molar-refractivity contribution >= 4 is 33.5 Å². The van der Waals surface area contributed by atoms with Crippen LogP contribution >= 0.6 is 15.9 Å². The van der Waals surface area contributed by atoms with Gasteiger partial charge < -0.3 is 14.7 Å². The van der Waals surface area contributed by atoms with Crippen LogP contribution in [0, 0.1) is 0 Å². The van der Waals surface area contributed by atoms with Gasteiger partial charge in [0.25, 0.3) is 5.91 Å². The Labute approximate surface area is 149 Å². The lowest BCUT2D eigenvalue weighted by molar-refractivity contribution is -0.122. The Morgan fingerprint density at radius 3 is 2.46 bits per heavy atom. The number of halogens is 1.